The number of carbonyl (C=O) groups excluding carboxylic acids is 3. The summed E-state index contributed by atoms with van der Waals surface area (Å²) in [6.45, 7) is 21.3. The molecule has 0 aliphatic carbocycles. The van der Waals surface area contributed by atoms with E-state index in [4.69, 9.17) is 4.74 Å². The molecular formula is C30H48N2O5S. The summed E-state index contributed by atoms with van der Waals surface area (Å²) < 4.78 is 4.38. The monoisotopic (exact) mass is 548 g/mol. The average Bonchev–Trinajstić information content (AvgIpc) is 3.37. The van der Waals surface area contributed by atoms with Gasteiger partial charge < -0.3 is 19.6 Å². The van der Waals surface area contributed by atoms with E-state index in [0.717, 1.165) is 19.3 Å². The van der Waals surface area contributed by atoms with Crippen molar-refractivity contribution in [3.8, 4) is 0 Å². The highest BCUT2D eigenvalue weighted by Crippen LogP contribution is 2.71. The summed E-state index contributed by atoms with van der Waals surface area (Å²) in [7, 11) is 0. The van der Waals surface area contributed by atoms with Gasteiger partial charge in [-0.2, -0.15) is 0 Å². The van der Waals surface area contributed by atoms with Gasteiger partial charge in [-0.1, -0.05) is 39.5 Å². The maximum Gasteiger partial charge on any atom is 0.311 e. The summed E-state index contributed by atoms with van der Waals surface area (Å²) >= 11 is 1.67. The fourth-order valence-electron chi connectivity index (χ4n) is 7.41. The zero-order chi connectivity index (χ0) is 28.5. The Labute approximate surface area is 233 Å². The zero-order valence-corrected chi connectivity index (χ0v) is 25.1. The molecule has 0 aromatic heterocycles. The molecule has 2 amide bonds. The van der Waals surface area contributed by atoms with Gasteiger partial charge in [0.2, 0.25) is 11.8 Å². The Morgan fingerprint density at radius 3 is 2.42 bits per heavy atom. The van der Waals surface area contributed by atoms with Crippen LogP contribution in [0, 0.1) is 17.3 Å². The number of rotatable bonds is 13. The molecule has 2 bridgehead atoms. The smallest absolute Gasteiger partial charge is 0.311 e. The molecule has 0 radical (unpaired) electrons. The summed E-state index contributed by atoms with van der Waals surface area (Å²) in [5, 5.41) is 9.26. The highest BCUT2D eigenvalue weighted by atomic mass is 32.2. The number of aliphatic hydroxyl groups is 1. The van der Waals surface area contributed by atoms with Crippen molar-refractivity contribution in [1.82, 2.24) is 9.80 Å². The molecule has 0 aromatic rings. The van der Waals surface area contributed by atoms with Gasteiger partial charge in [0.1, 0.15) is 12.6 Å². The fourth-order valence-corrected chi connectivity index (χ4v) is 9.75. The Morgan fingerprint density at radius 1 is 1.16 bits per heavy atom. The van der Waals surface area contributed by atoms with Crippen LogP contribution in [-0.2, 0) is 19.1 Å². The molecule has 38 heavy (non-hydrogen) atoms. The molecule has 7 nitrogen and oxygen atoms in total. The number of carbonyl (C=O) groups is 3. The van der Waals surface area contributed by atoms with Gasteiger partial charge in [0.25, 0.3) is 0 Å². The minimum Gasteiger partial charge on any atom is -0.461 e. The third-order valence-electron chi connectivity index (χ3n) is 8.44. The lowest BCUT2D eigenvalue weighted by molar-refractivity contribution is -0.154. The standard InChI is InChI=1S/C30H48N2O5S/c1-9-16-32(28(6,7)20-27(3,4)5)25(35)23-30-15-14-29(8,38-30)22(26(36)37-19-10-2)21(30)24(34)31(23)17-12-11-13-18-33/h9-10,21-23,33H,1-2,11-20H2,3-8H3/t21-,22-,23?,29+,30?/m0/s1. The summed E-state index contributed by atoms with van der Waals surface area (Å²) in [6.07, 6.45) is 7.66. The van der Waals surface area contributed by atoms with Gasteiger partial charge in [-0.05, 0) is 64.7 Å². The van der Waals surface area contributed by atoms with Crippen molar-refractivity contribution in [2.24, 2.45) is 17.3 Å². The average molecular weight is 549 g/mol. The van der Waals surface area contributed by atoms with Crippen molar-refractivity contribution < 1.29 is 24.2 Å². The summed E-state index contributed by atoms with van der Waals surface area (Å²) in [5.74, 6) is -1.73. The summed E-state index contributed by atoms with van der Waals surface area (Å²) in [6, 6.07) is -0.655. The van der Waals surface area contributed by atoms with E-state index in [1.165, 1.54) is 6.08 Å². The topological polar surface area (TPSA) is 87.1 Å². The van der Waals surface area contributed by atoms with Crippen LogP contribution in [0.3, 0.4) is 0 Å². The molecule has 3 heterocycles. The number of hydrogen-bond donors (Lipinski definition) is 1. The van der Waals surface area contributed by atoms with Crippen molar-refractivity contribution in [3.63, 3.8) is 0 Å². The molecular weight excluding hydrogens is 500 g/mol. The predicted octanol–water partition coefficient (Wildman–Crippen LogP) is 4.59. The molecule has 0 aromatic carbocycles. The second kappa shape index (κ2) is 11.4. The van der Waals surface area contributed by atoms with Crippen molar-refractivity contribution in [3.05, 3.63) is 25.3 Å². The van der Waals surface area contributed by atoms with Crippen LogP contribution in [0.25, 0.3) is 0 Å². The van der Waals surface area contributed by atoms with E-state index in [2.05, 4.69) is 54.7 Å². The molecule has 5 atom stereocenters. The number of nitrogens with zero attached hydrogens (tertiary/aromatic N) is 2. The lowest BCUT2D eigenvalue weighted by Gasteiger charge is -2.46. The Bertz CT molecular complexity index is 943. The molecule has 3 aliphatic heterocycles. The van der Waals surface area contributed by atoms with E-state index in [1.54, 1.807) is 22.7 Å². The number of fused-ring (bicyclic) bond motifs is 1. The van der Waals surface area contributed by atoms with Crippen LogP contribution in [-0.4, -0.2) is 80.1 Å². The molecule has 214 valence electrons. The van der Waals surface area contributed by atoms with Gasteiger partial charge >= 0.3 is 5.97 Å². The number of amides is 2. The Balaban J connectivity index is 2.06. The maximum atomic E-state index is 14.7. The first-order valence-electron chi connectivity index (χ1n) is 14.0. The number of unbranched alkanes of at least 4 members (excludes halogenated alkanes) is 2. The molecule has 3 fully saturated rings. The van der Waals surface area contributed by atoms with Gasteiger partial charge in [0.05, 0.1) is 16.6 Å². The normalized spacial score (nSPS) is 30.3. The van der Waals surface area contributed by atoms with Crippen LogP contribution in [0.15, 0.2) is 25.3 Å². The number of hydrogen-bond acceptors (Lipinski definition) is 6. The quantitative estimate of drug-likeness (QED) is 0.206. The maximum absolute atomic E-state index is 14.7. The van der Waals surface area contributed by atoms with E-state index in [0.29, 0.717) is 32.4 Å². The van der Waals surface area contributed by atoms with E-state index < -0.39 is 32.9 Å². The van der Waals surface area contributed by atoms with Gasteiger partial charge in [-0.3, -0.25) is 14.4 Å². The number of likely N-dealkylation sites (tertiary alicyclic amines) is 1. The highest BCUT2D eigenvalue weighted by Gasteiger charge is 2.77. The predicted molar refractivity (Wildman–Crippen MR) is 153 cm³/mol. The minimum atomic E-state index is -0.672. The SMILES string of the molecule is C=CCOC(=O)[C@@H]1[C@H]2C(=O)N(CCCCCO)C(C(=O)N(CC=C)C(C)(C)CC(C)(C)C)C23CC[C@@]1(C)S3. The van der Waals surface area contributed by atoms with Gasteiger partial charge in [0.15, 0.2) is 0 Å². The molecule has 3 saturated heterocycles. The summed E-state index contributed by atoms with van der Waals surface area (Å²) in [5.41, 5.74) is -0.467. The number of thioether (sulfide) groups is 1. The van der Waals surface area contributed by atoms with Crippen LogP contribution in [0.2, 0.25) is 0 Å². The highest BCUT2D eigenvalue weighted by molar-refractivity contribution is 8.02. The largest absolute Gasteiger partial charge is 0.461 e. The van der Waals surface area contributed by atoms with E-state index >= 15 is 0 Å². The van der Waals surface area contributed by atoms with Crippen molar-refractivity contribution >= 4 is 29.5 Å². The molecule has 1 spiro atoms. The van der Waals surface area contributed by atoms with E-state index in [1.807, 2.05) is 4.90 Å². The van der Waals surface area contributed by atoms with Crippen molar-refractivity contribution in [2.75, 3.05) is 26.3 Å². The van der Waals surface area contributed by atoms with Gasteiger partial charge in [-0.25, -0.2) is 0 Å². The Hall–Kier alpha value is -1.80. The molecule has 0 saturated carbocycles. The first-order valence-corrected chi connectivity index (χ1v) is 14.8. The van der Waals surface area contributed by atoms with E-state index in [9.17, 15) is 19.5 Å². The Morgan fingerprint density at radius 2 is 1.84 bits per heavy atom. The van der Waals surface area contributed by atoms with Crippen LogP contribution >= 0.6 is 11.8 Å². The third-order valence-corrected chi connectivity index (χ3v) is 10.4. The second-order valence-electron chi connectivity index (χ2n) is 13.2. The van der Waals surface area contributed by atoms with Crippen LogP contribution in [0.1, 0.15) is 80.1 Å². The molecule has 3 rings (SSSR count). The van der Waals surface area contributed by atoms with Crippen LogP contribution in [0.5, 0.6) is 0 Å². The summed E-state index contributed by atoms with van der Waals surface area (Å²) in [4.78, 5) is 45.9. The van der Waals surface area contributed by atoms with Crippen molar-refractivity contribution in [2.45, 2.75) is 101 Å². The fraction of sp³-hybridized carbons (Fsp3) is 0.767. The first kappa shape index (κ1) is 30.7. The second-order valence-corrected chi connectivity index (χ2v) is 15.1. The van der Waals surface area contributed by atoms with Crippen molar-refractivity contribution in [1.29, 1.82) is 0 Å². The zero-order valence-electron chi connectivity index (χ0n) is 24.3. The lowest BCUT2D eigenvalue weighted by atomic mass is 9.66. The number of esters is 1. The molecule has 8 heteroatoms. The first-order chi connectivity index (χ1) is 17.7. The molecule has 3 aliphatic rings. The third kappa shape index (κ3) is 5.58. The van der Waals surface area contributed by atoms with Gasteiger partial charge in [-0.15, -0.1) is 18.3 Å². The van der Waals surface area contributed by atoms with Crippen LogP contribution < -0.4 is 0 Å². The number of ether oxygens (including phenoxy) is 1. The van der Waals surface area contributed by atoms with E-state index in [-0.39, 0.29) is 36.4 Å². The van der Waals surface area contributed by atoms with Crippen LogP contribution in [0.4, 0.5) is 0 Å². The number of aliphatic hydroxyl groups excluding tert-OH is 1. The molecule has 1 N–H and O–H groups in total. The minimum absolute atomic E-state index is 0.00640. The van der Waals surface area contributed by atoms with Gasteiger partial charge in [0, 0.05) is 30.0 Å². The lowest BCUT2D eigenvalue weighted by Crippen LogP contribution is -2.60. The Kier molecular flexibility index (Phi) is 9.19. The molecule has 2 unspecified atom stereocenters.